The van der Waals surface area contributed by atoms with E-state index in [-0.39, 0.29) is 38.1 Å². The van der Waals surface area contributed by atoms with Gasteiger partial charge in [-0.05, 0) is 32.3 Å². The van der Waals surface area contributed by atoms with E-state index in [1.54, 1.807) is 13.8 Å². The SMILES string of the molecule is CC(C)(CC(=O)OCc1ccccc1)N[C@@H](CCC(=O)O)C(=O)C(N)(CCC(=O)O)c1nn[nH]n1. The Morgan fingerprint density at radius 3 is 2.34 bits per heavy atom. The van der Waals surface area contributed by atoms with Crippen LogP contribution in [-0.4, -0.2) is 66.1 Å². The quantitative estimate of drug-likeness (QED) is 0.216. The maximum Gasteiger partial charge on any atom is 0.307 e. The molecule has 1 unspecified atom stereocenters. The number of ketones is 1. The van der Waals surface area contributed by atoms with Crippen LogP contribution in [0.15, 0.2) is 30.3 Å². The number of nitrogens with zero attached hydrogens (tertiary/aromatic N) is 3. The molecule has 2 atom stereocenters. The van der Waals surface area contributed by atoms with Crippen LogP contribution in [0, 0.1) is 0 Å². The number of aromatic nitrogens is 4. The molecule has 0 aliphatic carbocycles. The maximum absolute atomic E-state index is 13.6. The van der Waals surface area contributed by atoms with E-state index in [9.17, 15) is 19.2 Å². The molecular formula is C22H30N6O7. The van der Waals surface area contributed by atoms with E-state index in [4.69, 9.17) is 20.7 Å². The molecule has 1 aromatic carbocycles. The lowest BCUT2D eigenvalue weighted by Crippen LogP contribution is -2.59. The minimum Gasteiger partial charge on any atom is -0.481 e. The third-order valence-corrected chi connectivity index (χ3v) is 5.27. The molecule has 0 fully saturated rings. The smallest absolute Gasteiger partial charge is 0.307 e. The largest absolute Gasteiger partial charge is 0.481 e. The maximum atomic E-state index is 13.6. The lowest BCUT2D eigenvalue weighted by atomic mass is 9.82. The van der Waals surface area contributed by atoms with Gasteiger partial charge in [-0.2, -0.15) is 5.21 Å². The van der Waals surface area contributed by atoms with E-state index in [0.717, 1.165) is 5.56 Å². The first-order valence-corrected chi connectivity index (χ1v) is 10.9. The predicted octanol–water partition coefficient (Wildman–Crippen LogP) is 0.523. The molecule has 0 radical (unpaired) electrons. The summed E-state index contributed by atoms with van der Waals surface area (Å²) in [6.45, 7) is 3.39. The highest BCUT2D eigenvalue weighted by Gasteiger charge is 2.45. The summed E-state index contributed by atoms with van der Waals surface area (Å²) in [6, 6.07) is 7.96. The van der Waals surface area contributed by atoms with Crippen LogP contribution >= 0.6 is 0 Å². The second-order valence-corrected chi connectivity index (χ2v) is 8.80. The van der Waals surface area contributed by atoms with Gasteiger partial charge in [-0.3, -0.25) is 19.2 Å². The number of rotatable bonds is 15. The zero-order chi connectivity index (χ0) is 26.1. The molecule has 190 valence electrons. The van der Waals surface area contributed by atoms with Crippen molar-refractivity contribution in [2.75, 3.05) is 0 Å². The summed E-state index contributed by atoms with van der Waals surface area (Å²) in [4.78, 5) is 48.4. The molecule has 13 nitrogen and oxygen atoms in total. The number of carbonyl (C=O) groups excluding carboxylic acids is 2. The number of nitrogens with one attached hydrogen (secondary N) is 2. The van der Waals surface area contributed by atoms with Gasteiger partial charge in [0, 0.05) is 18.4 Å². The van der Waals surface area contributed by atoms with Crippen molar-refractivity contribution in [2.45, 2.75) is 69.7 Å². The molecule has 0 bridgehead atoms. The van der Waals surface area contributed by atoms with Gasteiger partial charge in [0.2, 0.25) is 5.82 Å². The predicted molar refractivity (Wildman–Crippen MR) is 121 cm³/mol. The van der Waals surface area contributed by atoms with Crippen LogP contribution in [0.2, 0.25) is 0 Å². The summed E-state index contributed by atoms with van der Waals surface area (Å²) >= 11 is 0. The van der Waals surface area contributed by atoms with Crippen LogP contribution in [0.1, 0.15) is 57.3 Å². The average Bonchev–Trinajstić information content (AvgIpc) is 3.34. The number of esters is 1. The topological polar surface area (TPSA) is 210 Å². The lowest BCUT2D eigenvalue weighted by molar-refractivity contribution is -0.147. The minimum absolute atomic E-state index is 0.0794. The first kappa shape index (κ1) is 27.5. The van der Waals surface area contributed by atoms with Gasteiger partial charge >= 0.3 is 17.9 Å². The highest BCUT2D eigenvalue weighted by molar-refractivity contribution is 5.94. The zero-order valence-electron chi connectivity index (χ0n) is 19.6. The monoisotopic (exact) mass is 490 g/mol. The van der Waals surface area contributed by atoms with Crippen molar-refractivity contribution >= 4 is 23.7 Å². The summed E-state index contributed by atoms with van der Waals surface area (Å²) in [6.07, 6.45) is -1.48. The number of benzene rings is 1. The normalized spacial score (nSPS) is 14.0. The Labute approximate surface area is 201 Å². The first-order chi connectivity index (χ1) is 16.4. The van der Waals surface area contributed by atoms with E-state index < -0.39 is 47.2 Å². The molecule has 0 aliphatic rings. The van der Waals surface area contributed by atoms with Crippen molar-refractivity contribution in [1.29, 1.82) is 0 Å². The number of hydrogen-bond donors (Lipinski definition) is 5. The molecule has 35 heavy (non-hydrogen) atoms. The number of tetrazole rings is 1. The lowest BCUT2D eigenvalue weighted by Gasteiger charge is -2.34. The van der Waals surface area contributed by atoms with Gasteiger partial charge < -0.3 is 26.0 Å². The van der Waals surface area contributed by atoms with Gasteiger partial charge in [0.15, 0.2) is 5.78 Å². The van der Waals surface area contributed by atoms with E-state index in [2.05, 4.69) is 25.9 Å². The fraction of sp³-hybridized carbons (Fsp3) is 0.500. The fourth-order valence-electron chi connectivity index (χ4n) is 3.52. The summed E-state index contributed by atoms with van der Waals surface area (Å²) in [5.41, 5.74) is 4.18. The second kappa shape index (κ2) is 12.1. The standard InChI is InChI=1S/C22H30N6O7/c1-21(2,12-18(33)35-13-14-6-4-3-5-7-14)24-15(8-9-16(29)30)19(34)22(23,11-10-17(31)32)20-25-27-28-26-20/h3-7,15,24H,8-13,23H2,1-2H3,(H,29,30)(H,31,32)(H,25,26,27,28)/t15-,22?/m0/s1. The van der Waals surface area contributed by atoms with Gasteiger partial charge in [0.25, 0.3) is 0 Å². The van der Waals surface area contributed by atoms with E-state index in [0.29, 0.717) is 0 Å². The molecule has 0 saturated heterocycles. The number of carboxylic acid groups (broad SMARTS) is 2. The molecule has 0 saturated carbocycles. The minimum atomic E-state index is -1.95. The zero-order valence-corrected chi connectivity index (χ0v) is 19.6. The van der Waals surface area contributed by atoms with E-state index >= 15 is 0 Å². The Morgan fingerprint density at radius 1 is 1.11 bits per heavy atom. The number of ether oxygens (including phenoxy) is 1. The fourth-order valence-corrected chi connectivity index (χ4v) is 3.52. The Kier molecular flexibility index (Phi) is 9.54. The van der Waals surface area contributed by atoms with E-state index in [1.807, 2.05) is 30.3 Å². The van der Waals surface area contributed by atoms with E-state index in [1.165, 1.54) is 0 Å². The summed E-state index contributed by atoms with van der Waals surface area (Å²) in [5.74, 6) is -3.79. The highest BCUT2D eigenvalue weighted by Crippen LogP contribution is 2.26. The van der Waals surface area contributed by atoms with Crippen LogP contribution in [-0.2, 0) is 36.1 Å². The number of aromatic amines is 1. The number of nitrogens with two attached hydrogens (primary N) is 1. The Bertz CT molecular complexity index is 1010. The number of Topliss-reactive ketones (excluding diaryl/α,β-unsaturated/α-hetero) is 1. The Hall–Kier alpha value is -3.71. The van der Waals surface area contributed by atoms with Crippen LogP contribution in [0.5, 0.6) is 0 Å². The number of carboxylic acids is 2. The second-order valence-electron chi connectivity index (χ2n) is 8.80. The van der Waals surface area contributed by atoms with Crippen LogP contribution in [0.4, 0.5) is 0 Å². The van der Waals surface area contributed by atoms with Crippen LogP contribution in [0.3, 0.4) is 0 Å². The van der Waals surface area contributed by atoms with Gasteiger partial charge in [0.05, 0.1) is 12.5 Å². The first-order valence-electron chi connectivity index (χ1n) is 10.9. The highest BCUT2D eigenvalue weighted by atomic mass is 16.5. The number of aliphatic carboxylic acids is 2. The number of carbonyl (C=O) groups is 4. The third kappa shape index (κ3) is 8.54. The number of hydrogen-bond acceptors (Lipinski definition) is 10. The molecule has 0 aliphatic heterocycles. The third-order valence-electron chi connectivity index (χ3n) is 5.27. The average molecular weight is 491 g/mol. The van der Waals surface area contributed by atoms with Gasteiger partial charge in [-0.25, -0.2) is 0 Å². The van der Waals surface area contributed by atoms with Crippen molar-refractivity contribution in [2.24, 2.45) is 5.73 Å². The Morgan fingerprint density at radius 2 is 1.77 bits per heavy atom. The van der Waals surface area contributed by atoms with Crippen molar-refractivity contribution < 1.29 is 34.1 Å². The number of H-pyrrole nitrogens is 1. The van der Waals surface area contributed by atoms with Crippen molar-refractivity contribution in [1.82, 2.24) is 25.9 Å². The molecule has 6 N–H and O–H groups in total. The van der Waals surface area contributed by atoms with Crippen molar-refractivity contribution in [3.63, 3.8) is 0 Å². The van der Waals surface area contributed by atoms with Gasteiger partial charge in [0.1, 0.15) is 12.1 Å². The summed E-state index contributed by atoms with van der Waals surface area (Å²) < 4.78 is 5.31. The van der Waals surface area contributed by atoms with Crippen molar-refractivity contribution in [3.05, 3.63) is 41.7 Å². The van der Waals surface area contributed by atoms with Gasteiger partial charge in [-0.15, -0.1) is 10.2 Å². The molecule has 13 heteroatoms. The molecular weight excluding hydrogens is 460 g/mol. The van der Waals surface area contributed by atoms with Crippen LogP contribution in [0.25, 0.3) is 0 Å². The summed E-state index contributed by atoms with van der Waals surface area (Å²) in [7, 11) is 0. The van der Waals surface area contributed by atoms with Gasteiger partial charge in [-0.1, -0.05) is 35.5 Å². The molecule has 2 aromatic rings. The molecule has 1 heterocycles. The molecule has 1 aromatic heterocycles. The Balaban J connectivity index is 2.18. The molecule has 0 amide bonds. The molecule has 2 rings (SSSR count). The van der Waals surface area contributed by atoms with Crippen LogP contribution < -0.4 is 11.1 Å². The summed E-state index contributed by atoms with van der Waals surface area (Å²) in [5, 5.41) is 34.4. The molecule has 0 spiro atoms. The van der Waals surface area contributed by atoms with Crippen molar-refractivity contribution in [3.8, 4) is 0 Å².